The SMILES string of the molecule is CC[C@H](C)[C@@H]1NC(=O)[C@@H](CCCNC(=N)N)NC(=O)[C@H](CC(C)C)NC(=O)[C@H]([C@H](O)C(C)C)NC(=O)[C@@H](NC(=O)[C@H](CC(C)C)NC(=O)CCCCCNC(=O)OC(C)(C)C)[C@@H](c2ccccc2)OC(=O)[C@H](CO)NC(=O)[C@H]([C@H](O)C(N)=O)NC(=O)CNC(=O)[C@H]([C@H](C)O)NC1=O. The van der Waals surface area contributed by atoms with Crippen LogP contribution < -0.4 is 75.3 Å². The first kappa shape index (κ1) is 84.3. The molecule has 1 aliphatic rings. The molecule has 12 amide bonds. The molecule has 1 aromatic carbocycles. The van der Waals surface area contributed by atoms with Crippen molar-refractivity contribution in [3.05, 3.63) is 35.9 Å². The predicted octanol–water partition coefficient (Wildman–Crippen LogP) is -3.51. The highest BCUT2D eigenvalue weighted by Gasteiger charge is 2.44. The number of ether oxygens (including phenoxy) is 2. The number of alkyl carbamates (subject to hydrolysis) is 1. The van der Waals surface area contributed by atoms with E-state index in [-0.39, 0.29) is 63.1 Å². The summed E-state index contributed by atoms with van der Waals surface area (Å²) < 4.78 is 11.2. The Morgan fingerprint density at radius 1 is 0.670 bits per heavy atom. The van der Waals surface area contributed by atoms with E-state index in [4.69, 9.17) is 26.4 Å². The van der Waals surface area contributed by atoms with Crippen LogP contribution in [0.3, 0.4) is 0 Å². The van der Waals surface area contributed by atoms with Crippen LogP contribution in [0.25, 0.3) is 0 Å². The molecule has 0 radical (unpaired) electrons. The normalized spacial score (nSPS) is 23.5. The van der Waals surface area contributed by atoms with Gasteiger partial charge in [-0.05, 0) is 95.5 Å². The number of nitrogens with two attached hydrogens (primary N) is 2. The highest BCUT2D eigenvalue weighted by molar-refractivity contribution is 6.00. The van der Waals surface area contributed by atoms with E-state index >= 15 is 4.79 Å². The van der Waals surface area contributed by atoms with E-state index in [1.807, 2.05) is 10.6 Å². The van der Waals surface area contributed by atoms with Gasteiger partial charge in [0.05, 0.1) is 25.4 Å². The number of unbranched alkanes of at least 4 members (excludes halogenated alkanes) is 2. The number of hydrogen-bond acceptors (Lipinski definition) is 20. The van der Waals surface area contributed by atoms with Crippen molar-refractivity contribution in [2.24, 2.45) is 35.1 Å². The van der Waals surface area contributed by atoms with Crippen LogP contribution in [-0.2, 0) is 67.0 Å². The smallest absolute Gasteiger partial charge is 0.407 e. The fourth-order valence-electron chi connectivity index (χ4n) is 9.74. The van der Waals surface area contributed by atoms with E-state index in [9.17, 15) is 78.0 Å². The monoisotopic (exact) mass is 1380 g/mol. The molecule has 0 unspecified atom stereocenters. The van der Waals surface area contributed by atoms with Crippen LogP contribution in [0, 0.1) is 29.1 Å². The quantitative estimate of drug-likeness (QED) is 0.0185. The molecule has 0 aromatic heterocycles. The Hall–Kier alpha value is -8.76. The van der Waals surface area contributed by atoms with Gasteiger partial charge in [-0.2, -0.15) is 0 Å². The van der Waals surface area contributed by atoms with Crippen LogP contribution in [0.15, 0.2) is 30.3 Å². The summed E-state index contributed by atoms with van der Waals surface area (Å²) in [6, 6.07) is -9.73. The zero-order valence-electron chi connectivity index (χ0n) is 57.5. The molecule has 0 spiro atoms. The average Bonchev–Trinajstić information content (AvgIpc) is 0.818. The molecule has 97 heavy (non-hydrogen) atoms. The molecule has 1 saturated heterocycles. The van der Waals surface area contributed by atoms with E-state index in [2.05, 4.69) is 53.2 Å². The highest BCUT2D eigenvalue weighted by Crippen LogP contribution is 2.25. The second kappa shape index (κ2) is 41.4. The van der Waals surface area contributed by atoms with Crippen molar-refractivity contribution < 1.29 is 92.2 Å². The maximum atomic E-state index is 15.4. The average molecular weight is 1380 g/mol. The van der Waals surface area contributed by atoms with Crippen molar-refractivity contribution in [2.75, 3.05) is 26.2 Å². The molecule has 0 bridgehead atoms. The lowest BCUT2D eigenvalue weighted by atomic mass is 9.95. The number of aliphatic hydroxyl groups excluding tert-OH is 4. The third kappa shape index (κ3) is 30.0. The number of carbonyl (C=O) groups excluding carboxylic acids is 13. The first-order chi connectivity index (χ1) is 45.3. The third-order valence-electron chi connectivity index (χ3n) is 15.2. The molecule has 1 aliphatic heterocycles. The Morgan fingerprint density at radius 2 is 1.24 bits per heavy atom. The molecule has 0 saturated carbocycles. The Bertz CT molecular complexity index is 2840. The lowest BCUT2D eigenvalue weighted by Gasteiger charge is -2.33. The van der Waals surface area contributed by atoms with Gasteiger partial charge >= 0.3 is 12.1 Å². The second-order valence-electron chi connectivity index (χ2n) is 26.2. The van der Waals surface area contributed by atoms with Gasteiger partial charge in [-0.1, -0.05) is 98.6 Å². The molecular weight excluding hydrogens is 1270 g/mol. The number of carbonyl (C=O) groups is 13. The summed E-state index contributed by atoms with van der Waals surface area (Å²) >= 11 is 0. The summed E-state index contributed by atoms with van der Waals surface area (Å²) in [6.45, 7) is 17.1. The summed E-state index contributed by atoms with van der Waals surface area (Å²) in [4.78, 5) is 183. The predicted molar refractivity (Wildman–Crippen MR) is 351 cm³/mol. The number of amides is 12. The molecule has 1 heterocycles. The molecule has 34 nitrogen and oxygen atoms in total. The van der Waals surface area contributed by atoms with E-state index in [0.717, 1.165) is 6.92 Å². The van der Waals surface area contributed by atoms with Crippen LogP contribution in [0.4, 0.5) is 4.79 Å². The molecule has 1 aromatic rings. The molecule has 0 aliphatic carbocycles. The minimum atomic E-state index is -2.59. The summed E-state index contributed by atoms with van der Waals surface area (Å²) in [5.74, 6) is -17.2. The molecule has 1 fully saturated rings. The number of aliphatic hydroxyl groups is 4. The molecule has 546 valence electrons. The van der Waals surface area contributed by atoms with Crippen LogP contribution in [0.2, 0.25) is 0 Å². The summed E-state index contributed by atoms with van der Waals surface area (Å²) in [6.07, 6.45) is -7.83. The Labute approximate surface area is 565 Å². The number of benzene rings is 1. The van der Waals surface area contributed by atoms with Crippen molar-refractivity contribution in [1.82, 2.24) is 63.8 Å². The van der Waals surface area contributed by atoms with Crippen molar-refractivity contribution in [3.8, 4) is 0 Å². The number of hydrogen-bond donors (Lipinski definition) is 19. The van der Waals surface area contributed by atoms with Gasteiger partial charge in [-0.3, -0.25) is 58.1 Å². The standard InChI is InChI=1S/C63H105N15O19/c1-13-34(8)43-56(90)76-44(35(9)80)55(89)69-29-42(82)74-46(49(84)51(64)85)58(92)73-40(30-79)60(94)96-50(36-21-16-14-17-22-36)47(78-54(88)38(27-31(2)3)70-41(81)24-18-15-19-25-68-62(95)97-63(10,11)12)59(93)77-45(48(83)33(6)7)57(91)72-39(28-32(4)5)53(87)71-37(52(86)75-43)23-20-26-67-61(65)66/h14,16-17,21-22,31-35,37-40,43-50,79-80,83-84H,13,15,18-20,23-30H2,1-12H3,(H2,64,85)(H,68,95)(H,69,89)(H,70,81)(H,71,87)(H,72,91)(H,73,92)(H,74,82)(H,75,86)(H,76,90)(H,77,93)(H,78,88)(H4,65,66,67)/t34-,35-,37+,38-,39-,40-,43-,44-,45-,46-,47-,48+,49-,50+/m0/s1. The molecule has 21 N–H and O–H groups in total. The number of esters is 1. The van der Waals surface area contributed by atoms with Gasteiger partial charge in [0.25, 0.3) is 0 Å². The summed E-state index contributed by atoms with van der Waals surface area (Å²) in [5, 5.41) is 81.2. The fourth-order valence-corrected chi connectivity index (χ4v) is 9.74. The number of cyclic esters (lactones) is 1. The molecule has 34 heteroatoms. The van der Waals surface area contributed by atoms with E-state index < -0.39 is 198 Å². The third-order valence-corrected chi connectivity index (χ3v) is 15.2. The Kier molecular flexibility index (Phi) is 36.0. The lowest BCUT2D eigenvalue weighted by molar-refractivity contribution is -0.159. The molecular formula is C63H105N15O19. The second-order valence-corrected chi connectivity index (χ2v) is 26.2. The number of rotatable bonds is 26. The molecule has 2 rings (SSSR count). The van der Waals surface area contributed by atoms with Crippen LogP contribution >= 0.6 is 0 Å². The minimum Gasteiger partial charge on any atom is -0.453 e. The van der Waals surface area contributed by atoms with Crippen molar-refractivity contribution >= 4 is 83.0 Å². The van der Waals surface area contributed by atoms with Crippen LogP contribution in [0.1, 0.15) is 153 Å². The van der Waals surface area contributed by atoms with E-state index in [0.29, 0.717) is 19.3 Å². The van der Waals surface area contributed by atoms with Gasteiger partial charge in [0.2, 0.25) is 65.0 Å². The number of primary amides is 1. The zero-order chi connectivity index (χ0) is 73.6. The number of guanidine groups is 1. The van der Waals surface area contributed by atoms with E-state index in [1.54, 1.807) is 62.3 Å². The van der Waals surface area contributed by atoms with Crippen LogP contribution in [-0.4, -0.2) is 208 Å². The maximum absolute atomic E-state index is 15.4. The van der Waals surface area contributed by atoms with Crippen molar-refractivity contribution in [1.29, 1.82) is 5.41 Å². The van der Waals surface area contributed by atoms with Gasteiger partial charge in [-0.15, -0.1) is 0 Å². The summed E-state index contributed by atoms with van der Waals surface area (Å²) in [5.41, 5.74) is 10.0. The zero-order valence-corrected chi connectivity index (χ0v) is 57.5. The van der Waals surface area contributed by atoms with Crippen molar-refractivity contribution in [3.63, 3.8) is 0 Å². The van der Waals surface area contributed by atoms with Crippen molar-refractivity contribution in [2.45, 2.75) is 225 Å². The van der Waals surface area contributed by atoms with Gasteiger partial charge in [-0.25, -0.2) is 9.59 Å². The minimum absolute atomic E-state index is 0.00764. The lowest BCUT2D eigenvalue weighted by Crippen LogP contribution is -2.64. The molecule has 14 atom stereocenters. The summed E-state index contributed by atoms with van der Waals surface area (Å²) in [7, 11) is 0. The van der Waals surface area contributed by atoms with Gasteiger partial charge in [0.1, 0.15) is 53.9 Å². The highest BCUT2D eigenvalue weighted by atomic mass is 16.6. The van der Waals surface area contributed by atoms with Gasteiger partial charge in [0.15, 0.2) is 24.2 Å². The van der Waals surface area contributed by atoms with E-state index in [1.165, 1.54) is 44.2 Å². The van der Waals surface area contributed by atoms with Crippen LogP contribution in [0.5, 0.6) is 0 Å². The fraction of sp³-hybridized carbons (Fsp3) is 0.683. The van der Waals surface area contributed by atoms with Gasteiger partial charge < -0.3 is 105 Å². The largest absolute Gasteiger partial charge is 0.453 e. The maximum Gasteiger partial charge on any atom is 0.407 e. The number of nitrogens with one attached hydrogen (secondary N) is 13. The first-order valence-electron chi connectivity index (χ1n) is 32.6. The topological polar surface area (TPSA) is 542 Å². The first-order valence-corrected chi connectivity index (χ1v) is 32.6. The Balaban J connectivity index is 3.03. The Morgan fingerprint density at radius 3 is 1.79 bits per heavy atom. The van der Waals surface area contributed by atoms with Gasteiger partial charge in [0, 0.05) is 19.5 Å².